The minimum Gasteiger partial charge on any atom is -1.00 e. The van der Waals surface area contributed by atoms with Gasteiger partial charge in [0.05, 0.1) is 0 Å². The fourth-order valence-corrected chi connectivity index (χ4v) is 0. The molecule has 0 aliphatic carbocycles. The van der Waals surface area contributed by atoms with Gasteiger partial charge in [-0.15, -0.1) is 0 Å². The first-order valence-corrected chi connectivity index (χ1v) is 1.71. The van der Waals surface area contributed by atoms with Crippen molar-refractivity contribution >= 4 is 0 Å². The van der Waals surface area contributed by atoms with Gasteiger partial charge in [0, 0.05) is 0 Å². The summed E-state index contributed by atoms with van der Waals surface area (Å²) in [7, 11) is 0. The van der Waals surface area contributed by atoms with Crippen molar-refractivity contribution in [3.63, 3.8) is 0 Å². The van der Waals surface area contributed by atoms with Crippen LogP contribution in [0.25, 0.3) is 0 Å². The second-order valence-electron chi connectivity index (χ2n) is 0.854. The van der Waals surface area contributed by atoms with E-state index in [1.165, 1.54) is 6.42 Å². The topological polar surface area (TPSA) is 0 Å². The second-order valence-corrected chi connectivity index (χ2v) is 0.854. The molecule has 0 aromatic rings. The van der Waals surface area contributed by atoms with Crippen LogP contribution in [0.3, 0.4) is 0 Å². The predicted octanol–water partition coefficient (Wildman–Crippen LogP) is -7.37. The summed E-state index contributed by atoms with van der Waals surface area (Å²) in [5.41, 5.74) is 0. The Balaban J connectivity index is -0.0000000150. The minimum atomic E-state index is 0. The smallest absolute Gasteiger partial charge is 1.00 e. The van der Waals surface area contributed by atoms with Crippen molar-refractivity contribution in [1.29, 1.82) is 0 Å². The van der Waals surface area contributed by atoms with E-state index in [4.69, 9.17) is 0 Å². The molecule has 0 aromatic heterocycles. The zero-order valence-corrected chi connectivity index (χ0v) is 6.26. The summed E-state index contributed by atoms with van der Waals surface area (Å²) in [5, 5.41) is 0. The number of halogens is 1. The van der Waals surface area contributed by atoms with Crippen molar-refractivity contribution in [3.8, 4) is 0 Å². The molecule has 3 heteroatoms. The summed E-state index contributed by atoms with van der Waals surface area (Å²) in [4.78, 5) is 0. The number of rotatable bonds is 1. The molecule has 0 N–H and O–H groups in total. The molecule has 0 saturated carbocycles. The fraction of sp³-hybridized carbons (Fsp3) is 0.750. The average molecular weight is 106 g/mol. The number of unbranched alkanes of at least 4 members (excludes halogenated alkanes) is 1. The van der Waals surface area contributed by atoms with Crippen molar-refractivity contribution in [3.05, 3.63) is 6.92 Å². The molecule has 0 aromatic carbocycles. The Morgan fingerprint density at radius 1 is 1.29 bits per heavy atom. The van der Waals surface area contributed by atoms with E-state index >= 15 is 0 Å². The summed E-state index contributed by atoms with van der Waals surface area (Å²) < 4.78 is 0. The van der Waals surface area contributed by atoms with Crippen LogP contribution in [0, 0.1) is 6.92 Å². The molecule has 0 heterocycles. The molecule has 0 radical (unpaired) electrons. The molecule has 0 amide bonds. The van der Waals surface area contributed by atoms with Crippen molar-refractivity contribution in [2.75, 3.05) is 0 Å². The van der Waals surface area contributed by atoms with Gasteiger partial charge in [-0.2, -0.15) is 6.42 Å². The molecule has 0 saturated heterocycles. The Morgan fingerprint density at radius 2 is 1.43 bits per heavy atom. The largest absolute Gasteiger partial charge is 1.00 e. The zero-order valence-electron chi connectivity index (χ0n) is 5.50. The average Bonchev–Trinajstić information content (AvgIpc) is 1.37. The second kappa shape index (κ2) is 25.9. The molecule has 0 aliphatic heterocycles. The fourth-order valence-electron chi connectivity index (χ4n) is 0. The van der Waals surface area contributed by atoms with Crippen LogP contribution in [0.4, 0.5) is 0 Å². The van der Waals surface area contributed by atoms with E-state index in [9.17, 15) is 0 Å². The van der Waals surface area contributed by atoms with Crippen molar-refractivity contribution in [1.82, 2.24) is 0 Å². The van der Waals surface area contributed by atoms with Gasteiger partial charge < -0.3 is 19.3 Å². The summed E-state index contributed by atoms with van der Waals surface area (Å²) in [6.07, 6.45) is 2.28. The Hall–Kier alpha value is 1.48. The maximum Gasteiger partial charge on any atom is 1.00 e. The third-order valence-electron chi connectivity index (χ3n) is 0.354. The molecule has 0 atom stereocenters. The van der Waals surface area contributed by atoms with Crippen LogP contribution in [0.15, 0.2) is 0 Å². The molecule has 7 heavy (non-hydrogen) atoms. The molecule has 0 fully saturated rings. The molecule has 0 spiro atoms. The minimum absolute atomic E-state index is 0. The normalized spacial score (nSPS) is 4.29. The predicted molar refractivity (Wildman–Crippen MR) is 20.3 cm³/mol. The number of hydrogen-bond acceptors (Lipinski definition) is 0. The van der Waals surface area contributed by atoms with E-state index in [1.54, 1.807) is 0 Å². The quantitative estimate of drug-likeness (QED) is 0.230. The van der Waals surface area contributed by atoms with Gasteiger partial charge in [-0.3, -0.25) is 0 Å². The molecule has 34 valence electrons. The molecule has 0 rings (SSSR count). The maximum atomic E-state index is 3.60. The Labute approximate surface area is 76.6 Å². The van der Waals surface area contributed by atoms with E-state index in [2.05, 4.69) is 13.8 Å². The van der Waals surface area contributed by atoms with Gasteiger partial charge in [-0.25, -0.2) is 0 Å². The molecule has 0 bridgehead atoms. The van der Waals surface area contributed by atoms with Gasteiger partial charge in [-0.1, -0.05) is 13.3 Å². The first-order chi connectivity index (χ1) is 1.91. The van der Waals surface area contributed by atoms with Crippen LogP contribution < -0.4 is 50.1 Å². The van der Waals surface area contributed by atoms with Gasteiger partial charge in [0.1, 0.15) is 0 Å². The van der Waals surface area contributed by atoms with Crippen molar-refractivity contribution in [2.45, 2.75) is 19.8 Å². The summed E-state index contributed by atoms with van der Waals surface area (Å²) in [6.45, 7) is 5.72. The van der Waals surface area contributed by atoms with E-state index in [0.717, 1.165) is 6.42 Å². The standard InChI is InChI=1S/C4H9.ClH.2Li/c1-3-4-2;;;/h1,3-4H2,2H3;1H;;/q-1;;2*+1/p-1. The van der Waals surface area contributed by atoms with Crippen molar-refractivity contribution < 1.29 is 50.1 Å². The van der Waals surface area contributed by atoms with Crippen LogP contribution in [-0.2, 0) is 0 Å². The van der Waals surface area contributed by atoms with Crippen LogP contribution in [-0.4, -0.2) is 0 Å². The van der Waals surface area contributed by atoms with Gasteiger partial charge in [-0.05, 0) is 0 Å². The van der Waals surface area contributed by atoms with E-state index < -0.39 is 0 Å². The van der Waals surface area contributed by atoms with E-state index in [0.29, 0.717) is 0 Å². The Bertz CT molecular complexity index is 11.7. The number of hydrogen-bond donors (Lipinski definition) is 0. The van der Waals surface area contributed by atoms with Crippen molar-refractivity contribution in [2.24, 2.45) is 0 Å². The maximum absolute atomic E-state index is 3.60. The first-order valence-electron chi connectivity index (χ1n) is 1.71. The van der Waals surface area contributed by atoms with Crippen LogP contribution >= 0.6 is 0 Å². The van der Waals surface area contributed by atoms with E-state index in [1.807, 2.05) is 0 Å². The Kier molecular flexibility index (Phi) is 87.5. The van der Waals surface area contributed by atoms with Crippen LogP contribution in [0.5, 0.6) is 0 Å². The van der Waals surface area contributed by atoms with Gasteiger partial charge in [0.15, 0.2) is 0 Å². The van der Waals surface area contributed by atoms with Crippen LogP contribution in [0.1, 0.15) is 19.8 Å². The van der Waals surface area contributed by atoms with Crippen LogP contribution in [0.2, 0.25) is 0 Å². The van der Waals surface area contributed by atoms with Gasteiger partial charge in [0.25, 0.3) is 0 Å². The molecule has 0 aliphatic rings. The molecule has 0 nitrogen and oxygen atoms in total. The Morgan fingerprint density at radius 3 is 1.43 bits per heavy atom. The van der Waals surface area contributed by atoms with Gasteiger partial charge in [0.2, 0.25) is 0 Å². The first kappa shape index (κ1) is 23.6. The van der Waals surface area contributed by atoms with Gasteiger partial charge >= 0.3 is 37.7 Å². The summed E-state index contributed by atoms with van der Waals surface area (Å²) in [6, 6.07) is 0. The summed E-state index contributed by atoms with van der Waals surface area (Å²) >= 11 is 0. The zero-order chi connectivity index (χ0) is 3.41. The third kappa shape index (κ3) is 36.5. The molecular formula is C4H9ClLi2. The summed E-state index contributed by atoms with van der Waals surface area (Å²) in [5.74, 6) is 0. The third-order valence-corrected chi connectivity index (χ3v) is 0.354. The molecule has 0 unspecified atom stereocenters. The molecular weight excluding hydrogens is 97.4 g/mol. The van der Waals surface area contributed by atoms with E-state index in [-0.39, 0.29) is 50.1 Å². The SMILES string of the molecule is [CH2-]CCC.[Cl-].[Li+].[Li+]. The monoisotopic (exact) mass is 106 g/mol.